The Morgan fingerprint density at radius 1 is 0.812 bits per heavy atom. The summed E-state index contributed by atoms with van der Waals surface area (Å²) < 4.78 is 9.86. The van der Waals surface area contributed by atoms with E-state index in [0.29, 0.717) is 16.8 Å². The van der Waals surface area contributed by atoms with Gasteiger partial charge in [0.25, 0.3) is 11.8 Å². The van der Waals surface area contributed by atoms with Crippen molar-refractivity contribution in [2.24, 2.45) is 0 Å². The van der Waals surface area contributed by atoms with Gasteiger partial charge in [-0.1, -0.05) is 17.7 Å². The summed E-state index contributed by atoms with van der Waals surface area (Å²) >= 11 is 0. The molecule has 0 saturated heterocycles. The molecule has 0 spiro atoms. The molecule has 2 aromatic rings. The van der Waals surface area contributed by atoms with Crippen LogP contribution in [0.15, 0.2) is 48.5 Å². The third-order valence-electron chi connectivity index (χ3n) is 4.54. The van der Waals surface area contributed by atoms with Gasteiger partial charge in [0.05, 0.1) is 13.2 Å². The topological polar surface area (TPSA) is 111 Å². The lowest BCUT2D eigenvalue weighted by Gasteiger charge is -2.17. The van der Waals surface area contributed by atoms with Crippen molar-refractivity contribution in [2.75, 3.05) is 18.5 Å². The van der Waals surface area contributed by atoms with Crippen molar-refractivity contribution in [3.8, 4) is 0 Å². The number of carbonyl (C=O) groups is 4. The van der Waals surface area contributed by atoms with E-state index in [1.165, 1.54) is 12.1 Å². The minimum Gasteiger partial charge on any atom is -0.466 e. The average Bonchev–Trinajstić information content (AvgIpc) is 2.77. The second-order valence-electron chi connectivity index (χ2n) is 7.02. The third-order valence-corrected chi connectivity index (χ3v) is 4.54. The van der Waals surface area contributed by atoms with Gasteiger partial charge in [0.15, 0.2) is 0 Å². The predicted octanol–water partition coefficient (Wildman–Crippen LogP) is 3.25. The number of carbonyl (C=O) groups excluding carboxylic acids is 4. The van der Waals surface area contributed by atoms with Gasteiger partial charge >= 0.3 is 11.9 Å². The summed E-state index contributed by atoms with van der Waals surface area (Å²) in [5, 5.41) is 5.37. The minimum atomic E-state index is -0.979. The molecule has 170 valence electrons. The summed E-state index contributed by atoms with van der Waals surface area (Å²) in [5.41, 5.74) is 2.40. The molecule has 1 unspecified atom stereocenters. The number of nitrogens with one attached hydrogen (secondary N) is 2. The lowest BCUT2D eigenvalue weighted by Crippen LogP contribution is -2.42. The first-order chi connectivity index (χ1) is 15.3. The number of esters is 2. The highest BCUT2D eigenvalue weighted by Crippen LogP contribution is 2.13. The van der Waals surface area contributed by atoms with E-state index >= 15 is 0 Å². The van der Waals surface area contributed by atoms with Crippen LogP contribution in [0, 0.1) is 6.92 Å². The highest BCUT2D eigenvalue weighted by Gasteiger charge is 2.24. The van der Waals surface area contributed by atoms with Gasteiger partial charge in [-0.3, -0.25) is 14.4 Å². The first-order valence-corrected chi connectivity index (χ1v) is 10.4. The van der Waals surface area contributed by atoms with Crippen LogP contribution in [0.5, 0.6) is 0 Å². The predicted molar refractivity (Wildman–Crippen MR) is 119 cm³/mol. The molecule has 2 amide bonds. The SMILES string of the molecule is CCOC(=O)CCC(NC(=O)c1ccc(NC(=O)c2ccc(C)cc2)cc1)C(=O)OCC. The molecule has 1 atom stereocenters. The molecule has 8 nitrogen and oxygen atoms in total. The Morgan fingerprint density at radius 3 is 1.97 bits per heavy atom. The van der Waals surface area contributed by atoms with Crippen LogP contribution in [-0.4, -0.2) is 43.0 Å². The van der Waals surface area contributed by atoms with Gasteiger partial charge in [0.2, 0.25) is 0 Å². The smallest absolute Gasteiger partial charge is 0.328 e. The third kappa shape index (κ3) is 7.54. The van der Waals surface area contributed by atoms with E-state index in [-0.39, 0.29) is 32.0 Å². The highest BCUT2D eigenvalue weighted by atomic mass is 16.5. The van der Waals surface area contributed by atoms with E-state index in [9.17, 15) is 19.2 Å². The quantitative estimate of drug-likeness (QED) is 0.549. The van der Waals surface area contributed by atoms with Gasteiger partial charge in [-0.15, -0.1) is 0 Å². The molecule has 0 fully saturated rings. The first kappa shape index (κ1) is 24.6. The van der Waals surface area contributed by atoms with Gasteiger partial charge in [0.1, 0.15) is 6.04 Å². The van der Waals surface area contributed by atoms with Crippen molar-refractivity contribution in [1.29, 1.82) is 0 Å². The average molecular weight is 440 g/mol. The summed E-state index contributed by atoms with van der Waals surface area (Å²) in [4.78, 5) is 48.7. The fraction of sp³-hybridized carbons (Fsp3) is 0.333. The lowest BCUT2D eigenvalue weighted by atomic mass is 10.1. The molecule has 0 bridgehead atoms. The number of ether oxygens (including phenoxy) is 2. The monoisotopic (exact) mass is 440 g/mol. The van der Waals surface area contributed by atoms with Crippen molar-refractivity contribution in [2.45, 2.75) is 39.7 Å². The molecule has 32 heavy (non-hydrogen) atoms. The number of rotatable bonds is 10. The molecular formula is C24H28N2O6. The van der Waals surface area contributed by atoms with Crippen LogP contribution >= 0.6 is 0 Å². The maximum Gasteiger partial charge on any atom is 0.328 e. The summed E-state index contributed by atoms with van der Waals surface area (Å²) in [6, 6.07) is 12.5. The molecule has 0 radical (unpaired) electrons. The van der Waals surface area contributed by atoms with E-state index in [1.54, 1.807) is 38.1 Å². The van der Waals surface area contributed by atoms with E-state index in [1.807, 2.05) is 19.1 Å². The molecule has 0 aromatic heterocycles. The van der Waals surface area contributed by atoms with Crippen molar-refractivity contribution >= 4 is 29.4 Å². The second-order valence-corrected chi connectivity index (χ2v) is 7.02. The van der Waals surface area contributed by atoms with Crippen LogP contribution in [0.3, 0.4) is 0 Å². The Bertz CT molecular complexity index is 938. The molecule has 0 aliphatic carbocycles. The number of benzene rings is 2. The fourth-order valence-electron chi connectivity index (χ4n) is 2.84. The summed E-state index contributed by atoms with van der Waals surface area (Å²) in [7, 11) is 0. The van der Waals surface area contributed by atoms with E-state index in [2.05, 4.69) is 10.6 Å². The Hall–Kier alpha value is -3.68. The summed E-state index contributed by atoms with van der Waals surface area (Å²) in [6.07, 6.45) is 0.0374. The Morgan fingerprint density at radius 2 is 1.38 bits per heavy atom. The zero-order chi connectivity index (χ0) is 23.5. The zero-order valence-electron chi connectivity index (χ0n) is 18.5. The molecule has 2 aromatic carbocycles. The number of hydrogen-bond donors (Lipinski definition) is 2. The largest absolute Gasteiger partial charge is 0.466 e. The number of aryl methyl sites for hydroxylation is 1. The normalized spacial score (nSPS) is 11.2. The second kappa shape index (κ2) is 12.2. The van der Waals surface area contributed by atoms with Crippen molar-refractivity contribution in [3.05, 3.63) is 65.2 Å². The Balaban J connectivity index is 2.00. The number of amides is 2. The highest BCUT2D eigenvalue weighted by molar-refractivity contribution is 6.04. The standard InChI is InChI=1S/C24H28N2O6/c1-4-31-21(27)15-14-20(24(30)32-5-2)26-23(29)18-10-12-19(13-11-18)25-22(28)17-8-6-16(3)7-9-17/h6-13,20H,4-5,14-15H2,1-3H3,(H,25,28)(H,26,29). The van der Waals surface area contributed by atoms with E-state index in [4.69, 9.17) is 9.47 Å². The van der Waals surface area contributed by atoms with Crippen LogP contribution < -0.4 is 10.6 Å². The van der Waals surface area contributed by atoms with Gasteiger partial charge in [-0.05, 0) is 63.6 Å². The molecule has 2 N–H and O–H groups in total. The van der Waals surface area contributed by atoms with Gasteiger partial charge in [0, 0.05) is 23.2 Å². The fourth-order valence-corrected chi connectivity index (χ4v) is 2.84. The molecule has 0 aliphatic rings. The number of hydrogen-bond acceptors (Lipinski definition) is 6. The molecule has 0 aliphatic heterocycles. The maximum absolute atomic E-state index is 12.6. The lowest BCUT2D eigenvalue weighted by molar-refractivity contribution is -0.146. The molecule has 0 heterocycles. The van der Waals surface area contributed by atoms with E-state index < -0.39 is 23.9 Å². The van der Waals surface area contributed by atoms with Crippen LogP contribution in [0.4, 0.5) is 5.69 Å². The maximum atomic E-state index is 12.6. The summed E-state index contributed by atoms with van der Waals surface area (Å²) in [5.74, 6) is -1.83. The molecule has 8 heteroatoms. The van der Waals surface area contributed by atoms with Crippen LogP contribution in [0.2, 0.25) is 0 Å². The van der Waals surface area contributed by atoms with Crippen molar-refractivity contribution in [1.82, 2.24) is 5.32 Å². The molecule has 2 rings (SSSR count). The van der Waals surface area contributed by atoms with E-state index in [0.717, 1.165) is 5.56 Å². The van der Waals surface area contributed by atoms with Gasteiger partial charge in [-0.2, -0.15) is 0 Å². The van der Waals surface area contributed by atoms with Gasteiger partial charge < -0.3 is 20.1 Å². The first-order valence-electron chi connectivity index (χ1n) is 10.4. The number of anilines is 1. The van der Waals surface area contributed by atoms with Crippen molar-refractivity contribution < 1.29 is 28.7 Å². The van der Waals surface area contributed by atoms with Crippen LogP contribution in [0.1, 0.15) is 53.0 Å². The molecular weight excluding hydrogens is 412 g/mol. The molecule has 0 saturated carbocycles. The Kier molecular flexibility index (Phi) is 9.41. The minimum absolute atomic E-state index is 0.0262. The summed E-state index contributed by atoms with van der Waals surface area (Å²) in [6.45, 7) is 5.68. The van der Waals surface area contributed by atoms with Crippen LogP contribution in [-0.2, 0) is 19.1 Å². The Labute approximate surface area is 187 Å². The van der Waals surface area contributed by atoms with Crippen LogP contribution in [0.25, 0.3) is 0 Å². The van der Waals surface area contributed by atoms with Gasteiger partial charge in [-0.25, -0.2) is 4.79 Å². The zero-order valence-corrected chi connectivity index (χ0v) is 18.5. The van der Waals surface area contributed by atoms with Crippen molar-refractivity contribution in [3.63, 3.8) is 0 Å².